The number of carbonyl (C=O) groups is 1. The van der Waals surface area contributed by atoms with Gasteiger partial charge >= 0.3 is 0 Å². The molecule has 0 saturated carbocycles. The van der Waals surface area contributed by atoms with E-state index >= 15 is 0 Å². The zero-order valence-corrected chi connectivity index (χ0v) is 17.1. The first-order valence-electron chi connectivity index (χ1n) is 8.80. The Bertz CT molecular complexity index is 985. The van der Waals surface area contributed by atoms with Gasteiger partial charge in [-0.3, -0.25) is 4.79 Å². The van der Waals surface area contributed by atoms with Crippen molar-refractivity contribution >= 4 is 33.2 Å². The van der Waals surface area contributed by atoms with Crippen molar-refractivity contribution in [1.29, 1.82) is 0 Å². The number of benzene rings is 1. The van der Waals surface area contributed by atoms with Gasteiger partial charge in [-0.2, -0.15) is 0 Å². The molecule has 0 unspecified atom stereocenters. The standard InChI is InChI=1S/C18H22ClFN4O3S/c1-23-8-6-13(7-9-23)22-28(26,27)15-11-24(2)17(16(15)20)18(25)21-14-5-3-4-12(19)10-14/h3-5,10-11,13,22H,6-9H2,1-2H3,(H,21,25). The number of anilines is 1. The molecule has 0 atom stereocenters. The Balaban J connectivity index is 1.81. The lowest BCUT2D eigenvalue weighted by atomic mass is 10.1. The number of nitrogens with zero attached hydrogens (tertiary/aromatic N) is 2. The maximum atomic E-state index is 14.9. The van der Waals surface area contributed by atoms with Crippen LogP contribution >= 0.6 is 11.6 Å². The van der Waals surface area contributed by atoms with Gasteiger partial charge in [0.2, 0.25) is 10.0 Å². The number of sulfonamides is 1. The van der Waals surface area contributed by atoms with Crippen LogP contribution in [0.1, 0.15) is 23.3 Å². The number of likely N-dealkylation sites (tertiary alicyclic amines) is 1. The highest BCUT2D eigenvalue weighted by atomic mass is 35.5. The molecule has 2 N–H and O–H groups in total. The third-order valence-electron chi connectivity index (χ3n) is 4.72. The van der Waals surface area contributed by atoms with Gasteiger partial charge in [0.15, 0.2) is 5.82 Å². The lowest BCUT2D eigenvalue weighted by molar-refractivity contribution is 0.101. The van der Waals surface area contributed by atoms with Gasteiger partial charge in [0.05, 0.1) is 0 Å². The maximum absolute atomic E-state index is 14.9. The van der Waals surface area contributed by atoms with E-state index in [0.717, 1.165) is 19.3 Å². The number of aromatic nitrogens is 1. The molecule has 1 aliphatic heterocycles. The van der Waals surface area contributed by atoms with E-state index in [-0.39, 0.29) is 11.7 Å². The molecule has 1 aromatic heterocycles. The molecule has 152 valence electrons. The van der Waals surface area contributed by atoms with E-state index in [1.807, 2.05) is 7.05 Å². The quantitative estimate of drug-likeness (QED) is 0.766. The summed E-state index contributed by atoms with van der Waals surface area (Å²) in [5.74, 6) is -1.84. The molecule has 2 aromatic rings. The average molecular weight is 429 g/mol. The van der Waals surface area contributed by atoms with Crippen LogP contribution in [0.4, 0.5) is 10.1 Å². The van der Waals surface area contributed by atoms with Crippen molar-refractivity contribution in [1.82, 2.24) is 14.2 Å². The molecule has 0 spiro atoms. The van der Waals surface area contributed by atoms with Crippen molar-refractivity contribution in [2.24, 2.45) is 7.05 Å². The van der Waals surface area contributed by atoms with Crippen LogP contribution in [0.15, 0.2) is 35.4 Å². The molecule has 1 aromatic carbocycles. The highest BCUT2D eigenvalue weighted by Gasteiger charge is 2.31. The number of hydrogen-bond donors (Lipinski definition) is 2. The van der Waals surface area contributed by atoms with Crippen molar-refractivity contribution in [3.8, 4) is 0 Å². The van der Waals surface area contributed by atoms with Crippen LogP contribution in [0, 0.1) is 5.82 Å². The Morgan fingerprint density at radius 2 is 1.93 bits per heavy atom. The van der Waals surface area contributed by atoms with Crippen molar-refractivity contribution in [3.63, 3.8) is 0 Å². The second kappa shape index (κ2) is 8.20. The summed E-state index contributed by atoms with van der Waals surface area (Å²) >= 11 is 5.88. The van der Waals surface area contributed by atoms with Crippen LogP contribution in [0.3, 0.4) is 0 Å². The first-order chi connectivity index (χ1) is 13.2. The fraction of sp³-hybridized carbons (Fsp3) is 0.389. The number of amides is 1. The monoisotopic (exact) mass is 428 g/mol. The maximum Gasteiger partial charge on any atom is 0.275 e. The van der Waals surface area contributed by atoms with E-state index in [0.29, 0.717) is 23.6 Å². The largest absolute Gasteiger partial charge is 0.343 e. The molecule has 3 rings (SSSR count). The molecule has 2 heterocycles. The summed E-state index contributed by atoms with van der Waals surface area (Å²) in [6.07, 6.45) is 2.40. The summed E-state index contributed by atoms with van der Waals surface area (Å²) in [7, 11) is -0.702. The third kappa shape index (κ3) is 4.54. The highest BCUT2D eigenvalue weighted by Crippen LogP contribution is 2.23. The predicted octanol–water partition coefficient (Wildman–Crippen LogP) is 2.44. The van der Waals surface area contributed by atoms with E-state index < -0.39 is 26.6 Å². The van der Waals surface area contributed by atoms with Crippen molar-refractivity contribution < 1.29 is 17.6 Å². The number of carbonyl (C=O) groups excluding carboxylic acids is 1. The van der Waals surface area contributed by atoms with Crippen molar-refractivity contribution in [3.05, 3.63) is 47.0 Å². The van der Waals surface area contributed by atoms with Gasteiger partial charge in [0.25, 0.3) is 5.91 Å². The summed E-state index contributed by atoms with van der Waals surface area (Å²) in [4.78, 5) is 14.1. The highest BCUT2D eigenvalue weighted by molar-refractivity contribution is 7.89. The second-order valence-corrected chi connectivity index (χ2v) is 9.05. The van der Waals surface area contributed by atoms with E-state index in [1.54, 1.807) is 18.2 Å². The first-order valence-corrected chi connectivity index (χ1v) is 10.7. The van der Waals surface area contributed by atoms with E-state index in [2.05, 4.69) is 14.9 Å². The Hall–Kier alpha value is -1.94. The normalized spacial score (nSPS) is 16.3. The number of hydrogen-bond acceptors (Lipinski definition) is 4. The summed E-state index contributed by atoms with van der Waals surface area (Å²) in [6.45, 7) is 1.52. The topological polar surface area (TPSA) is 83.4 Å². The summed E-state index contributed by atoms with van der Waals surface area (Å²) in [5.41, 5.74) is 0.00989. The molecule has 0 bridgehead atoms. The van der Waals surface area contributed by atoms with Gasteiger partial charge < -0.3 is 14.8 Å². The molecular weight excluding hydrogens is 407 g/mol. The minimum Gasteiger partial charge on any atom is -0.343 e. The molecule has 28 heavy (non-hydrogen) atoms. The van der Waals surface area contributed by atoms with Gasteiger partial charge in [0, 0.05) is 30.0 Å². The number of nitrogens with one attached hydrogen (secondary N) is 2. The SMILES string of the molecule is CN1CCC(NS(=O)(=O)c2cn(C)c(C(=O)Nc3cccc(Cl)c3)c2F)CC1. The lowest BCUT2D eigenvalue weighted by Gasteiger charge is -2.29. The second-order valence-electron chi connectivity index (χ2n) is 6.93. The van der Waals surface area contributed by atoms with E-state index in [1.165, 1.54) is 17.7 Å². The van der Waals surface area contributed by atoms with Gasteiger partial charge in [-0.15, -0.1) is 0 Å². The first kappa shape index (κ1) is 20.8. The van der Waals surface area contributed by atoms with Crippen LogP contribution < -0.4 is 10.0 Å². The van der Waals surface area contributed by atoms with Crippen LogP contribution in [-0.4, -0.2) is 50.0 Å². The van der Waals surface area contributed by atoms with Gasteiger partial charge in [-0.25, -0.2) is 17.5 Å². The molecule has 7 nitrogen and oxygen atoms in total. The zero-order valence-electron chi connectivity index (χ0n) is 15.6. The minimum atomic E-state index is -4.09. The van der Waals surface area contributed by atoms with Crippen LogP contribution in [0.25, 0.3) is 0 Å². The molecule has 10 heteroatoms. The summed E-state index contributed by atoms with van der Waals surface area (Å²) in [5, 5.41) is 2.94. The molecule has 0 radical (unpaired) electrons. The summed E-state index contributed by atoms with van der Waals surface area (Å²) < 4.78 is 44.0. The molecule has 0 aliphatic carbocycles. The fourth-order valence-corrected chi connectivity index (χ4v) is 4.80. The van der Waals surface area contributed by atoms with Crippen LogP contribution in [0.2, 0.25) is 5.02 Å². The number of rotatable bonds is 5. The average Bonchev–Trinajstić information content (AvgIpc) is 2.92. The van der Waals surface area contributed by atoms with Gasteiger partial charge in [-0.1, -0.05) is 17.7 Å². The smallest absolute Gasteiger partial charge is 0.275 e. The van der Waals surface area contributed by atoms with Gasteiger partial charge in [0.1, 0.15) is 10.6 Å². The molecule has 1 amide bonds. The van der Waals surface area contributed by atoms with Crippen LogP contribution in [0.5, 0.6) is 0 Å². The van der Waals surface area contributed by atoms with Crippen molar-refractivity contribution in [2.75, 3.05) is 25.5 Å². The Morgan fingerprint density at radius 1 is 1.25 bits per heavy atom. The van der Waals surface area contributed by atoms with Gasteiger partial charge in [-0.05, 0) is 51.2 Å². The van der Waals surface area contributed by atoms with Crippen LogP contribution in [-0.2, 0) is 17.1 Å². The molecule has 1 aliphatic rings. The minimum absolute atomic E-state index is 0.260. The Morgan fingerprint density at radius 3 is 2.57 bits per heavy atom. The fourth-order valence-electron chi connectivity index (χ4n) is 3.18. The van der Waals surface area contributed by atoms with E-state index in [9.17, 15) is 17.6 Å². The number of piperidine rings is 1. The number of halogens is 2. The predicted molar refractivity (Wildman–Crippen MR) is 106 cm³/mol. The molecular formula is C18H22ClFN4O3S. The lowest BCUT2D eigenvalue weighted by Crippen LogP contribution is -2.43. The summed E-state index contributed by atoms with van der Waals surface area (Å²) in [6, 6.07) is 6.13. The molecule has 1 fully saturated rings. The third-order valence-corrected chi connectivity index (χ3v) is 6.46. The van der Waals surface area contributed by atoms with Crippen molar-refractivity contribution in [2.45, 2.75) is 23.8 Å². The number of aryl methyl sites for hydroxylation is 1. The molecule has 1 saturated heterocycles. The zero-order chi connectivity index (χ0) is 20.5. The van der Waals surface area contributed by atoms with E-state index in [4.69, 9.17) is 11.6 Å². The Kier molecular flexibility index (Phi) is 6.09. The Labute approximate surface area is 168 Å².